The molecule has 0 bridgehead atoms. The Bertz CT molecular complexity index is 502. The quantitative estimate of drug-likeness (QED) is 0.785. The van der Waals surface area contributed by atoms with Gasteiger partial charge in [0.05, 0.1) is 5.56 Å². The van der Waals surface area contributed by atoms with Crippen molar-refractivity contribution in [2.75, 3.05) is 6.61 Å². The van der Waals surface area contributed by atoms with Gasteiger partial charge in [0.25, 0.3) is 11.8 Å². The van der Waals surface area contributed by atoms with Crippen LogP contribution < -0.4 is 10.9 Å². The highest BCUT2D eigenvalue weighted by Crippen LogP contribution is 2.12. The lowest BCUT2D eigenvalue weighted by molar-refractivity contribution is -0.130. The van der Waals surface area contributed by atoms with E-state index in [9.17, 15) is 18.4 Å². The number of ether oxygens (including phenoxy) is 1. The molecule has 1 atom stereocenters. The van der Waals surface area contributed by atoms with E-state index >= 15 is 0 Å². The zero-order valence-electron chi connectivity index (χ0n) is 9.91. The number of hydrogen-bond acceptors (Lipinski definition) is 3. The molecule has 0 aromatic heterocycles. The van der Waals surface area contributed by atoms with Gasteiger partial charge in [-0.1, -0.05) is 0 Å². The fourth-order valence-corrected chi connectivity index (χ4v) is 1.72. The average molecular weight is 270 g/mol. The Morgan fingerprint density at radius 2 is 2.05 bits per heavy atom. The number of halogens is 2. The van der Waals surface area contributed by atoms with Crippen LogP contribution in [0.3, 0.4) is 0 Å². The molecule has 1 heterocycles. The van der Waals surface area contributed by atoms with E-state index in [1.807, 2.05) is 0 Å². The maximum atomic E-state index is 13.3. The Balaban J connectivity index is 1.92. The van der Waals surface area contributed by atoms with E-state index in [1.54, 1.807) is 0 Å². The lowest BCUT2D eigenvalue weighted by Crippen LogP contribution is -2.46. The molecule has 0 saturated carbocycles. The van der Waals surface area contributed by atoms with Crippen molar-refractivity contribution in [1.29, 1.82) is 0 Å². The molecular formula is C12H12F2N2O3. The predicted octanol–water partition coefficient (Wildman–Crippen LogP) is 0.905. The standard InChI is InChI=1S/C12H12F2N2O3/c13-7-3-4-8(9(14)6-7)11(17)15-16-12(18)10-2-1-5-19-10/h3-4,6,10H,1-2,5H2,(H,15,17)(H,16,18). The Labute approximate surface area is 107 Å². The van der Waals surface area contributed by atoms with Crippen LogP contribution in [0.5, 0.6) is 0 Å². The molecule has 2 rings (SSSR count). The minimum absolute atomic E-state index is 0.353. The van der Waals surface area contributed by atoms with Gasteiger partial charge in [-0.3, -0.25) is 20.4 Å². The van der Waals surface area contributed by atoms with Crippen molar-refractivity contribution in [3.05, 3.63) is 35.4 Å². The molecule has 1 aliphatic rings. The van der Waals surface area contributed by atoms with Gasteiger partial charge in [0.15, 0.2) is 0 Å². The van der Waals surface area contributed by atoms with Crippen molar-refractivity contribution in [3.63, 3.8) is 0 Å². The Hall–Kier alpha value is -2.02. The molecule has 1 unspecified atom stereocenters. The third-order valence-corrected chi connectivity index (χ3v) is 2.70. The van der Waals surface area contributed by atoms with Gasteiger partial charge in [0.2, 0.25) is 0 Å². The molecule has 2 N–H and O–H groups in total. The van der Waals surface area contributed by atoms with Crippen molar-refractivity contribution in [2.45, 2.75) is 18.9 Å². The summed E-state index contributed by atoms with van der Waals surface area (Å²) in [6, 6.07) is 2.55. The van der Waals surface area contributed by atoms with Crippen LogP contribution in [-0.4, -0.2) is 24.5 Å². The van der Waals surface area contributed by atoms with E-state index in [4.69, 9.17) is 4.74 Å². The molecule has 1 aromatic rings. The highest BCUT2D eigenvalue weighted by atomic mass is 19.1. The minimum Gasteiger partial charge on any atom is -0.368 e. The van der Waals surface area contributed by atoms with Gasteiger partial charge in [-0.2, -0.15) is 0 Å². The van der Waals surface area contributed by atoms with Crippen LogP contribution in [-0.2, 0) is 9.53 Å². The zero-order valence-corrected chi connectivity index (χ0v) is 9.91. The molecule has 0 spiro atoms. The fraction of sp³-hybridized carbons (Fsp3) is 0.333. The first-order valence-corrected chi connectivity index (χ1v) is 5.75. The first-order chi connectivity index (χ1) is 9.08. The molecule has 5 nitrogen and oxygen atoms in total. The number of carbonyl (C=O) groups is 2. The molecule has 1 saturated heterocycles. The SMILES string of the molecule is O=C(NNC(=O)C1CCCO1)c1ccc(F)cc1F. The normalized spacial score (nSPS) is 18.1. The van der Waals surface area contributed by atoms with Crippen LogP contribution in [0.2, 0.25) is 0 Å². The maximum Gasteiger partial charge on any atom is 0.272 e. The van der Waals surface area contributed by atoms with Crippen molar-refractivity contribution >= 4 is 11.8 Å². The number of carbonyl (C=O) groups excluding carboxylic acids is 2. The van der Waals surface area contributed by atoms with Crippen molar-refractivity contribution < 1.29 is 23.1 Å². The second kappa shape index (κ2) is 5.75. The molecule has 0 radical (unpaired) electrons. The summed E-state index contributed by atoms with van der Waals surface area (Å²) in [5, 5.41) is 0. The van der Waals surface area contributed by atoms with Gasteiger partial charge in [-0.15, -0.1) is 0 Å². The highest BCUT2D eigenvalue weighted by molar-refractivity contribution is 5.96. The number of nitrogens with one attached hydrogen (secondary N) is 2. The summed E-state index contributed by atoms with van der Waals surface area (Å²) in [6.45, 7) is 0.499. The van der Waals surface area contributed by atoms with Crippen molar-refractivity contribution in [2.24, 2.45) is 0 Å². The second-order valence-corrected chi connectivity index (χ2v) is 4.07. The molecular weight excluding hydrogens is 258 g/mol. The lowest BCUT2D eigenvalue weighted by atomic mass is 10.2. The molecule has 2 amide bonds. The fourth-order valence-electron chi connectivity index (χ4n) is 1.72. The maximum absolute atomic E-state index is 13.3. The zero-order chi connectivity index (χ0) is 13.8. The highest BCUT2D eigenvalue weighted by Gasteiger charge is 2.24. The van der Waals surface area contributed by atoms with Crippen LogP contribution in [0.25, 0.3) is 0 Å². The first-order valence-electron chi connectivity index (χ1n) is 5.75. The molecule has 1 aromatic carbocycles. The number of rotatable bonds is 2. The predicted molar refractivity (Wildman–Crippen MR) is 60.9 cm³/mol. The van der Waals surface area contributed by atoms with Gasteiger partial charge >= 0.3 is 0 Å². The van der Waals surface area contributed by atoms with Gasteiger partial charge in [-0.05, 0) is 25.0 Å². The summed E-state index contributed by atoms with van der Waals surface area (Å²) < 4.78 is 31.1. The average Bonchev–Trinajstić information content (AvgIpc) is 2.89. The van der Waals surface area contributed by atoms with Crippen molar-refractivity contribution in [1.82, 2.24) is 10.9 Å². The third-order valence-electron chi connectivity index (χ3n) is 2.70. The van der Waals surface area contributed by atoms with Gasteiger partial charge in [0.1, 0.15) is 17.7 Å². The number of hydrogen-bond donors (Lipinski definition) is 2. The van der Waals surface area contributed by atoms with E-state index < -0.39 is 29.6 Å². The molecule has 1 fully saturated rings. The monoisotopic (exact) mass is 270 g/mol. The third kappa shape index (κ3) is 3.25. The van der Waals surface area contributed by atoms with E-state index in [0.29, 0.717) is 19.1 Å². The van der Waals surface area contributed by atoms with E-state index in [1.165, 1.54) is 0 Å². The summed E-state index contributed by atoms with van der Waals surface area (Å²) >= 11 is 0. The summed E-state index contributed by atoms with van der Waals surface area (Å²) in [4.78, 5) is 23.1. The molecule has 1 aliphatic heterocycles. The Morgan fingerprint density at radius 3 is 2.68 bits per heavy atom. The lowest BCUT2D eigenvalue weighted by Gasteiger charge is -2.11. The van der Waals surface area contributed by atoms with E-state index in [2.05, 4.69) is 10.9 Å². The van der Waals surface area contributed by atoms with Crippen LogP contribution in [0, 0.1) is 11.6 Å². The van der Waals surface area contributed by atoms with Crippen LogP contribution >= 0.6 is 0 Å². The van der Waals surface area contributed by atoms with Crippen LogP contribution in [0.15, 0.2) is 18.2 Å². The molecule has 7 heteroatoms. The minimum atomic E-state index is -0.996. The van der Waals surface area contributed by atoms with Gasteiger partial charge < -0.3 is 4.74 Å². The summed E-state index contributed by atoms with van der Waals surface area (Å²) in [5.41, 5.74) is 3.84. The summed E-state index contributed by atoms with van der Waals surface area (Å²) in [5.74, 6) is -3.13. The second-order valence-electron chi connectivity index (χ2n) is 4.07. The first kappa shape index (κ1) is 13.4. The Morgan fingerprint density at radius 1 is 1.26 bits per heavy atom. The summed E-state index contributed by atoms with van der Waals surface area (Å²) in [7, 11) is 0. The molecule has 0 aliphatic carbocycles. The summed E-state index contributed by atoms with van der Waals surface area (Å²) in [6.07, 6.45) is 0.754. The van der Waals surface area contributed by atoms with Crippen molar-refractivity contribution in [3.8, 4) is 0 Å². The van der Waals surface area contributed by atoms with E-state index in [-0.39, 0.29) is 5.56 Å². The molecule has 19 heavy (non-hydrogen) atoms. The number of amides is 2. The molecule has 102 valence electrons. The smallest absolute Gasteiger partial charge is 0.272 e. The largest absolute Gasteiger partial charge is 0.368 e. The van der Waals surface area contributed by atoms with Gasteiger partial charge in [0, 0.05) is 12.7 Å². The van der Waals surface area contributed by atoms with E-state index in [0.717, 1.165) is 18.6 Å². The van der Waals surface area contributed by atoms with Gasteiger partial charge in [-0.25, -0.2) is 8.78 Å². The number of hydrazine groups is 1. The Kier molecular flexibility index (Phi) is 4.06. The topological polar surface area (TPSA) is 67.4 Å². The number of benzene rings is 1. The van der Waals surface area contributed by atoms with Crippen LogP contribution in [0.4, 0.5) is 8.78 Å². The van der Waals surface area contributed by atoms with Crippen LogP contribution in [0.1, 0.15) is 23.2 Å².